The molecule has 0 fully saturated rings. The Bertz CT molecular complexity index is 303. The Balaban J connectivity index is -0.000000480. The fourth-order valence-corrected chi connectivity index (χ4v) is 0.734. The summed E-state index contributed by atoms with van der Waals surface area (Å²) in [7, 11) is 0. The smallest absolute Gasteiger partial charge is 0.507 e. The average Bonchev–Trinajstić information content (AvgIpc) is 2.09. The van der Waals surface area contributed by atoms with Crippen molar-refractivity contribution in [1.29, 1.82) is 0 Å². The van der Waals surface area contributed by atoms with Gasteiger partial charge in [-0.25, -0.2) is 5.43 Å². The minimum atomic E-state index is 0. The van der Waals surface area contributed by atoms with E-state index in [0.29, 0.717) is 12.0 Å². The van der Waals surface area contributed by atoms with Crippen LogP contribution in [0.3, 0.4) is 0 Å². The third kappa shape index (κ3) is 6.95. The van der Waals surface area contributed by atoms with Crippen LogP contribution < -0.4 is 5.43 Å². The fraction of sp³-hybridized carbons (Fsp3) is 0.200. The van der Waals surface area contributed by atoms with E-state index in [0.717, 1.165) is 0 Å². The molecule has 0 aromatic heterocycles. The quantitative estimate of drug-likeness (QED) is 0.383. The summed E-state index contributed by atoms with van der Waals surface area (Å²) in [6, 6.07) is 6.70. The summed E-state index contributed by atoms with van der Waals surface area (Å²) in [5.74, 6) is 0.133. The summed E-state index contributed by atoms with van der Waals surface area (Å²) in [5.41, 5.74) is 2.66. The summed E-state index contributed by atoms with van der Waals surface area (Å²) >= 11 is 0. The summed E-state index contributed by atoms with van der Waals surface area (Å²) in [4.78, 5) is 9.79. The van der Waals surface area contributed by atoms with Gasteiger partial charge in [0.25, 0.3) is 0 Å². The monoisotopic (exact) mass is 316 g/mol. The van der Waals surface area contributed by atoms with Gasteiger partial charge < -0.3 is 5.11 Å². The SMILES string of the molecule is C.C.O=CN/N=C/c1ccccc1O.[Sn+4]. The van der Waals surface area contributed by atoms with Gasteiger partial charge in [0.05, 0.1) is 6.21 Å². The van der Waals surface area contributed by atoms with Crippen LogP contribution in [0.15, 0.2) is 29.4 Å². The number of rotatable bonds is 3. The van der Waals surface area contributed by atoms with Crippen LogP contribution in [-0.4, -0.2) is 41.6 Å². The van der Waals surface area contributed by atoms with Crippen LogP contribution in [0.2, 0.25) is 0 Å². The Morgan fingerprint density at radius 2 is 1.87 bits per heavy atom. The molecule has 1 amide bonds. The van der Waals surface area contributed by atoms with E-state index in [2.05, 4.69) is 10.5 Å². The van der Waals surface area contributed by atoms with Gasteiger partial charge in [-0.3, -0.25) is 4.79 Å². The third-order valence-electron chi connectivity index (χ3n) is 1.27. The van der Waals surface area contributed by atoms with Crippen LogP contribution >= 0.6 is 0 Å². The van der Waals surface area contributed by atoms with Gasteiger partial charge in [-0.1, -0.05) is 27.0 Å². The molecule has 0 heterocycles. The zero-order chi connectivity index (χ0) is 8.81. The van der Waals surface area contributed by atoms with E-state index in [1.807, 2.05) is 0 Å². The van der Waals surface area contributed by atoms with Crippen molar-refractivity contribution in [2.45, 2.75) is 14.9 Å². The molecule has 0 saturated carbocycles. The standard InChI is InChI=1S/C8H8N2O2.2CH4.Sn/c11-6-10-9-5-7-3-1-2-4-8(7)12;;;/h1-6,12H,(H,10,11);2*1H4;/q;;;+4/b9-5+;;;. The van der Waals surface area contributed by atoms with Crippen molar-refractivity contribution < 1.29 is 9.90 Å². The first-order valence-electron chi connectivity index (χ1n) is 3.35. The molecule has 2 N–H and O–H groups in total. The Labute approximate surface area is 107 Å². The van der Waals surface area contributed by atoms with E-state index in [4.69, 9.17) is 0 Å². The zero-order valence-electron chi connectivity index (χ0n) is 6.77. The number of hydrogen-bond acceptors (Lipinski definition) is 3. The number of nitrogens with one attached hydrogen (secondary N) is 1. The number of aromatic hydroxyl groups is 1. The van der Waals surface area contributed by atoms with Gasteiger partial charge in [0.2, 0.25) is 6.41 Å². The van der Waals surface area contributed by atoms with E-state index >= 15 is 0 Å². The fourth-order valence-electron chi connectivity index (χ4n) is 0.734. The molecule has 0 saturated heterocycles. The largest absolute Gasteiger partial charge is 4.00 e. The molecular formula is C10H16N2O2Sn+4. The number of nitrogens with zero attached hydrogens (tertiary/aromatic N) is 1. The van der Waals surface area contributed by atoms with Gasteiger partial charge in [-0.05, 0) is 12.1 Å². The third-order valence-corrected chi connectivity index (χ3v) is 1.27. The molecule has 0 aliphatic heterocycles. The maximum absolute atomic E-state index is 9.79. The molecule has 15 heavy (non-hydrogen) atoms. The Hall–Kier alpha value is -1.04. The number of benzene rings is 1. The molecule has 0 aliphatic rings. The van der Waals surface area contributed by atoms with Crippen molar-refractivity contribution in [3.05, 3.63) is 29.8 Å². The molecule has 0 unspecified atom stereocenters. The minimum Gasteiger partial charge on any atom is -0.507 e. The molecular weight excluding hydrogens is 299 g/mol. The van der Waals surface area contributed by atoms with Gasteiger partial charge in [-0.2, -0.15) is 5.10 Å². The molecule has 1 aromatic rings. The minimum absolute atomic E-state index is 0. The maximum atomic E-state index is 9.79. The second kappa shape index (κ2) is 11.0. The van der Waals surface area contributed by atoms with Crippen LogP contribution in [0, 0.1) is 0 Å². The number of para-hydroxylation sites is 1. The number of amides is 1. The van der Waals surface area contributed by atoms with Crippen molar-refractivity contribution >= 4 is 36.5 Å². The molecule has 0 radical (unpaired) electrons. The maximum Gasteiger partial charge on any atom is 4.00 e. The Kier molecular flexibility index (Phi) is 14.4. The zero-order valence-corrected chi connectivity index (χ0v) is 9.62. The molecule has 5 heteroatoms. The van der Waals surface area contributed by atoms with Crippen LogP contribution in [0.25, 0.3) is 0 Å². The van der Waals surface area contributed by atoms with E-state index in [1.165, 1.54) is 6.21 Å². The molecule has 78 valence electrons. The first-order chi connectivity index (χ1) is 5.84. The van der Waals surface area contributed by atoms with Crippen molar-refractivity contribution in [3.63, 3.8) is 0 Å². The molecule has 0 aliphatic carbocycles. The van der Waals surface area contributed by atoms with Crippen LogP contribution in [0.5, 0.6) is 5.75 Å². The van der Waals surface area contributed by atoms with Crippen molar-refractivity contribution in [1.82, 2.24) is 5.43 Å². The van der Waals surface area contributed by atoms with Gasteiger partial charge in [0, 0.05) is 5.56 Å². The number of phenols is 1. The molecule has 0 spiro atoms. The second-order valence-corrected chi connectivity index (χ2v) is 2.06. The summed E-state index contributed by atoms with van der Waals surface area (Å²) in [5, 5.41) is 12.7. The van der Waals surface area contributed by atoms with Gasteiger partial charge in [-0.15, -0.1) is 0 Å². The molecule has 4 nitrogen and oxygen atoms in total. The van der Waals surface area contributed by atoms with Crippen molar-refractivity contribution in [2.24, 2.45) is 5.10 Å². The summed E-state index contributed by atoms with van der Waals surface area (Å²) in [6.07, 6.45) is 1.82. The molecule has 0 atom stereocenters. The first kappa shape index (κ1) is 19.5. The predicted octanol–water partition coefficient (Wildman–Crippen LogP) is 1.36. The van der Waals surface area contributed by atoms with E-state index < -0.39 is 0 Å². The van der Waals surface area contributed by atoms with Crippen molar-refractivity contribution in [3.8, 4) is 5.75 Å². The molecule has 1 rings (SSSR count). The van der Waals surface area contributed by atoms with Gasteiger partial charge >= 0.3 is 23.9 Å². The van der Waals surface area contributed by atoms with Crippen LogP contribution in [-0.2, 0) is 4.79 Å². The Morgan fingerprint density at radius 1 is 1.27 bits per heavy atom. The summed E-state index contributed by atoms with van der Waals surface area (Å²) < 4.78 is 0. The number of carbonyl (C=O) groups is 1. The van der Waals surface area contributed by atoms with E-state index in [-0.39, 0.29) is 44.5 Å². The molecule has 1 aromatic carbocycles. The Morgan fingerprint density at radius 3 is 2.40 bits per heavy atom. The van der Waals surface area contributed by atoms with E-state index in [9.17, 15) is 9.90 Å². The van der Waals surface area contributed by atoms with Crippen LogP contribution in [0.4, 0.5) is 0 Å². The number of hydrazone groups is 1. The normalized spacial score (nSPS) is 8.00. The average molecular weight is 315 g/mol. The molecule has 0 bridgehead atoms. The number of phenolic OH excluding ortho intramolecular Hbond substituents is 1. The van der Waals surface area contributed by atoms with Crippen molar-refractivity contribution in [2.75, 3.05) is 0 Å². The van der Waals surface area contributed by atoms with Gasteiger partial charge in [0.1, 0.15) is 5.75 Å². The topological polar surface area (TPSA) is 61.7 Å². The summed E-state index contributed by atoms with van der Waals surface area (Å²) in [6.45, 7) is 0. The van der Waals surface area contributed by atoms with Crippen LogP contribution in [0.1, 0.15) is 20.4 Å². The van der Waals surface area contributed by atoms with E-state index in [1.54, 1.807) is 24.3 Å². The number of carbonyl (C=O) groups excluding carboxylic acids is 1. The predicted molar refractivity (Wildman–Crippen MR) is 64.1 cm³/mol. The first-order valence-corrected chi connectivity index (χ1v) is 3.35. The van der Waals surface area contributed by atoms with Gasteiger partial charge in [0.15, 0.2) is 0 Å². The second-order valence-electron chi connectivity index (χ2n) is 2.06. The number of hydrogen-bond donors (Lipinski definition) is 2.